The van der Waals surface area contributed by atoms with Crippen LogP contribution in [0.1, 0.15) is 51.9 Å². The van der Waals surface area contributed by atoms with E-state index in [1.807, 2.05) is 11.0 Å². The van der Waals surface area contributed by atoms with Gasteiger partial charge in [0, 0.05) is 38.6 Å². The largest absolute Gasteiger partial charge is 0.396 e. The third-order valence-electron chi connectivity index (χ3n) is 5.34. The molecule has 0 radical (unpaired) electrons. The Morgan fingerprint density at radius 1 is 1.25 bits per heavy atom. The van der Waals surface area contributed by atoms with Crippen LogP contribution in [0.25, 0.3) is 0 Å². The first-order valence-electron chi connectivity index (χ1n) is 9.51. The number of aliphatic hydroxyl groups is 2. The van der Waals surface area contributed by atoms with Crippen LogP contribution in [0.3, 0.4) is 0 Å². The van der Waals surface area contributed by atoms with Gasteiger partial charge in [0.15, 0.2) is 0 Å². The van der Waals surface area contributed by atoms with Gasteiger partial charge in [0.1, 0.15) is 0 Å². The zero-order chi connectivity index (χ0) is 17.4. The summed E-state index contributed by atoms with van der Waals surface area (Å²) >= 11 is 0. The molecule has 1 aliphatic carbocycles. The summed E-state index contributed by atoms with van der Waals surface area (Å²) < 4.78 is 5.80. The summed E-state index contributed by atoms with van der Waals surface area (Å²) in [5, 5.41) is 19.5. The van der Waals surface area contributed by atoms with Crippen LogP contribution in [0, 0.1) is 11.8 Å². The van der Waals surface area contributed by atoms with Gasteiger partial charge in [-0.15, -0.1) is 0 Å². The zero-order valence-corrected chi connectivity index (χ0v) is 14.9. The summed E-state index contributed by atoms with van der Waals surface area (Å²) in [5.74, 6) is 0.415. The van der Waals surface area contributed by atoms with Crippen molar-refractivity contribution in [3.05, 3.63) is 12.2 Å². The van der Waals surface area contributed by atoms with Crippen molar-refractivity contribution in [2.75, 3.05) is 26.3 Å². The average molecular weight is 339 g/mol. The molecule has 5 nitrogen and oxygen atoms in total. The highest BCUT2D eigenvalue weighted by Crippen LogP contribution is 2.28. The molecule has 3 unspecified atom stereocenters. The molecule has 2 aliphatic rings. The minimum Gasteiger partial charge on any atom is -0.396 e. The van der Waals surface area contributed by atoms with E-state index in [1.165, 1.54) is 0 Å². The quantitative estimate of drug-likeness (QED) is 0.551. The first kappa shape index (κ1) is 19.4. The number of rotatable bonds is 7. The van der Waals surface area contributed by atoms with E-state index in [-0.39, 0.29) is 24.5 Å². The molecule has 0 bridgehead atoms. The smallest absolute Gasteiger partial charge is 0.246 e. The molecule has 0 aromatic carbocycles. The second-order valence-electron chi connectivity index (χ2n) is 7.20. The van der Waals surface area contributed by atoms with E-state index in [1.54, 1.807) is 6.08 Å². The lowest BCUT2D eigenvalue weighted by molar-refractivity contribution is -0.127. The fourth-order valence-corrected chi connectivity index (χ4v) is 3.55. The molecule has 2 fully saturated rings. The fourth-order valence-electron chi connectivity index (χ4n) is 3.55. The molecule has 0 aromatic heterocycles. The van der Waals surface area contributed by atoms with Crippen molar-refractivity contribution in [2.45, 2.75) is 64.1 Å². The van der Waals surface area contributed by atoms with Gasteiger partial charge in [0.2, 0.25) is 5.91 Å². The Kier molecular flexibility index (Phi) is 8.22. The topological polar surface area (TPSA) is 70.0 Å². The predicted octanol–water partition coefficient (Wildman–Crippen LogP) is 2.12. The van der Waals surface area contributed by atoms with Gasteiger partial charge in [0.05, 0.1) is 12.2 Å². The molecule has 1 saturated carbocycles. The number of nitrogens with zero attached hydrogens (tertiary/aromatic N) is 1. The van der Waals surface area contributed by atoms with Gasteiger partial charge in [-0.25, -0.2) is 0 Å². The number of carbonyl (C=O) groups excluding carboxylic acids is 1. The van der Waals surface area contributed by atoms with Crippen molar-refractivity contribution in [1.29, 1.82) is 0 Å². The van der Waals surface area contributed by atoms with E-state index in [0.717, 1.165) is 58.2 Å². The van der Waals surface area contributed by atoms with E-state index >= 15 is 0 Å². The van der Waals surface area contributed by atoms with Crippen LogP contribution in [0.5, 0.6) is 0 Å². The van der Waals surface area contributed by atoms with Crippen LogP contribution in [0.2, 0.25) is 0 Å². The maximum absolute atomic E-state index is 12.3. The summed E-state index contributed by atoms with van der Waals surface area (Å²) in [7, 11) is 0. The molecule has 2 N–H and O–H groups in total. The molecule has 1 heterocycles. The van der Waals surface area contributed by atoms with Crippen molar-refractivity contribution in [3.8, 4) is 0 Å². The Morgan fingerprint density at radius 3 is 2.62 bits per heavy atom. The Bertz CT molecular complexity index is 404. The SMILES string of the molecule is CCCCOC1CCC(/C=C/C(=O)N2CCC(CO)CC2)C(O)C1. The van der Waals surface area contributed by atoms with Gasteiger partial charge in [0.25, 0.3) is 0 Å². The zero-order valence-electron chi connectivity index (χ0n) is 14.9. The van der Waals surface area contributed by atoms with Gasteiger partial charge in [-0.3, -0.25) is 4.79 Å². The van der Waals surface area contributed by atoms with Gasteiger partial charge in [-0.2, -0.15) is 0 Å². The summed E-state index contributed by atoms with van der Waals surface area (Å²) in [6.45, 7) is 4.57. The molecular formula is C19H33NO4. The van der Waals surface area contributed by atoms with Crippen LogP contribution in [0.4, 0.5) is 0 Å². The first-order valence-corrected chi connectivity index (χ1v) is 9.51. The number of ether oxygens (including phenoxy) is 1. The van der Waals surface area contributed by atoms with Gasteiger partial charge < -0.3 is 19.8 Å². The molecule has 3 atom stereocenters. The average Bonchev–Trinajstić information content (AvgIpc) is 2.61. The van der Waals surface area contributed by atoms with Crippen LogP contribution in [-0.2, 0) is 9.53 Å². The lowest BCUT2D eigenvalue weighted by Crippen LogP contribution is -2.38. The Hall–Kier alpha value is -0.910. The number of unbranched alkanes of at least 4 members (excludes halogenated alkanes) is 1. The van der Waals surface area contributed by atoms with Crippen LogP contribution in [-0.4, -0.2) is 59.5 Å². The summed E-state index contributed by atoms with van der Waals surface area (Å²) in [5.41, 5.74) is 0. The summed E-state index contributed by atoms with van der Waals surface area (Å²) in [4.78, 5) is 14.1. The van der Waals surface area contributed by atoms with E-state index in [2.05, 4.69) is 6.92 Å². The molecule has 24 heavy (non-hydrogen) atoms. The standard InChI is InChI=1S/C19H33NO4/c1-2-3-12-24-17-6-4-16(18(22)13-17)5-7-19(23)20-10-8-15(14-21)9-11-20/h5,7,15-18,21-22H,2-4,6,8-14H2,1H3/b7-5+. The molecule has 1 aliphatic heterocycles. The number of piperidine rings is 1. The lowest BCUT2D eigenvalue weighted by Gasteiger charge is -2.32. The van der Waals surface area contributed by atoms with E-state index in [4.69, 9.17) is 9.84 Å². The number of amides is 1. The van der Waals surface area contributed by atoms with Gasteiger partial charge in [-0.05, 0) is 44.1 Å². The Morgan fingerprint density at radius 2 is 2.00 bits per heavy atom. The third kappa shape index (κ3) is 5.87. The van der Waals surface area contributed by atoms with Crippen molar-refractivity contribution >= 4 is 5.91 Å². The maximum atomic E-state index is 12.3. The molecule has 138 valence electrons. The number of hydrogen-bond acceptors (Lipinski definition) is 4. The number of carbonyl (C=O) groups is 1. The van der Waals surface area contributed by atoms with Gasteiger partial charge in [-0.1, -0.05) is 19.4 Å². The minimum atomic E-state index is -0.422. The van der Waals surface area contributed by atoms with Crippen molar-refractivity contribution in [1.82, 2.24) is 4.90 Å². The Labute approximate surface area is 145 Å². The molecular weight excluding hydrogens is 306 g/mol. The summed E-state index contributed by atoms with van der Waals surface area (Å²) in [6, 6.07) is 0. The number of likely N-dealkylation sites (tertiary alicyclic amines) is 1. The van der Waals surface area contributed by atoms with Crippen LogP contribution >= 0.6 is 0 Å². The van der Waals surface area contributed by atoms with Crippen LogP contribution < -0.4 is 0 Å². The lowest BCUT2D eigenvalue weighted by atomic mass is 9.84. The summed E-state index contributed by atoms with van der Waals surface area (Å²) in [6.07, 6.45) is 9.67. The first-order chi connectivity index (χ1) is 11.6. The molecule has 1 amide bonds. The second-order valence-corrected chi connectivity index (χ2v) is 7.20. The van der Waals surface area contributed by atoms with Crippen molar-refractivity contribution < 1.29 is 19.7 Å². The van der Waals surface area contributed by atoms with Crippen molar-refractivity contribution in [3.63, 3.8) is 0 Å². The van der Waals surface area contributed by atoms with E-state index in [9.17, 15) is 9.90 Å². The molecule has 0 spiro atoms. The molecule has 1 saturated heterocycles. The van der Waals surface area contributed by atoms with E-state index < -0.39 is 6.10 Å². The Balaban J connectivity index is 1.73. The highest BCUT2D eigenvalue weighted by Gasteiger charge is 2.28. The normalized spacial score (nSPS) is 29.3. The molecule has 2 rings (SSSR count). The predicted molar refractivity (Wildman–Crippen MR) is 93.5 cm³/mol. The maximum Gasteiger partial charge on any atom is 0.246 e. The van der Waals surface area contributed by atoms with Crippen molar-refractivity contribution in [2.24, 2.45) is 11.8 Å². The third-order valence-corrected chi connectivity index (χ3v) is 5.34. The van der Waals surface area contributed by atoms with Gasteiger partial charge >= 0.3 is 0 Å². The highest BCUT2D eigenvalue weighted by molar-refractivity contribution is 5.87. The minimum absolute atomic E-state index is 0.0277. The monoisotopic (exact) mass is 339 g/mol. The van der Waals surface area contributed by atoms with E-state index in [0.29, 0.717) is 12.3 Å². The fraction of sp³-hybridized carbons (Fsp3) is 0.842. The molecule has 0 aromatic rings. The highest BCUT2D eigenvalue weighted by atomic mass is 16.5. The second kappa shape index (κ2) is 10.2. The number of aliphatic hydroxyl groups excluding tert-OH is 2. The molecule has 5 heteroatoms. The van der Waals surface area contributed by atoms with Crippen LogP contribution in [0.15, 0.2) is 12.2 Å². The number of hydrogen-bond donors (Lipinski definition) is 2.